The smallest absolute Gasteiger partial charge is 0.240 e. The fraction of sp³-hybridized carbons (Fsp3) is 0.231. The van der Waals surface area contributed by atoms with Crippen LogP contribution in [0.4, 0.5) is 5.69 Å². The van der Waals surface area contributed by atoms with Crippen LogP contribution in [0.3, 0.4) is 0 Å². The number of isocyanates is 1. The lowest BCUT2D eigenvalue weighted by atomic mass is 10.1. The molecular formula is C13H11ClN2O. The first-order valence-electron chi connectivity index (χ1n) is 5.34. The molecule has 1 heterocycles. The van der Waals surface area contributed by atoms with E-state index in [1.165, 1.54) is 6.08 Å². The highest BCUT2D eigenvalue weighted by Crippen LogP contribution is 2.30. The molecular weight excluding hydrogens is 236 g/mol. The van der Waals surface area contributed by atoms with E-state index in [4.69, 9.17) is 11.6 Å². The number of carbonyl (C=O) groups excluding carboxylic acids is 1. The van der Waals surface area contributed by atoms with Gasteiger partial charge in [0.1, 0.15) is 0 Å². The molecule has 0 saturated carbocycles. The van der Waals surface area contributed by atoms with Gasteiger partial charge in [-0.05, 0) is 37.1 Å². The zero-order chi connectivity index (χ0) is 12.4. The lowest BCUT2D eigenvalue weighted by Crippen LogP contribution is -1.94. The molecule has 0 spiro atoms. The Morgan fingerprint density at radius 1 is 1.47 bits per heavy atom. The normalized spacial score (nSPS) is 10.3. The largest absolute Gasteiger partial charge is 0.253 e. The number of hydrogen-bond donors (Lipinski definition) is 0. The van der Waals surface area contributed by atoms with Crippen molar-refractivity contribution in [2.75, 3.05) is 0 Å². The summed E-state index contributed by atoms with van der Waals surface area (Å²) in [6.45, 7) is 3.98. The molecule has 0 saturated heterocycles. The van der Waals surface area contributed by atoms with Gasteiger partial charge in [-0.25, -0.2) is 4.79 Å². The molecule has 0 unspecified atom stereocenters. The lowest BCUT2D eigenvalue weighted by molar-refractivity contribution is 0.565. The maximum atomic E-state index is 10.2. The molecule has 3 nitrogen and oxygen atoms in total. The minimum atomic E-state index is 0.544. The number of fused-ring (bicyclic) bond motifs is 1. The maximum Gasteiger partial charge on any atom is 0.240 e. The van der Waals surface area contributed by atoms with Gasteiger partial charge < -0.3 is 0 Å². The van der Waals surface area contributed by atoms with Gasteiger partial charge in [0.05, 0.1) is 16.2 Å². The first-order chi connectivity index (χ1) is 8.17. The Balaban J connectivity index is 2.79. The third kappa shape index (κ3) is 2.07. The summed E-state index contributed by atoms with van der Waals surface area (Å²) >= 11 is 6.34. The van der Waals surface area contributed by atoms with Crippen molar-refractivity contribution in [2.24, 2.45) is 4.99 Å². The Labute approximate surface area is 104 Å². The Hall–Kier alpha value is -1.70. The minimum Gasteiger partial charge on any atom is -0.253 e. The topological polar surface area (TPSA) is 42.3 Å². The van der Waals surface area contributed by atoms with Gasteiger partial charge in [0, 0.05) is 11.1 Å². The molecule has 2 rings (SSSR count). The van der Waals surface area contributed by atoms with E-state index >= 15 is 0 Å². The van der Waals surface area contributed by atoms with Gasteiger partial charge in [0.25, 0.3) is 0 Å². The Morgan fingerprint density at radius 2 is 2.24 bits per heavy atom. The van der Waals surface area contributed by atoms with Gasteiger partial charge >= 0.3 is 0 Å². The van der Waals surface area contributed by atoms with Crippen LogP contribution in [0, 0.1) is 6.92 Å². The highest BCUT2D eigenvalue weighted by Gasteiger charge is 2.09. The van der Waals surface area contributed by atoms with Gasteiger partial charge in [0.15, 0.2) is 0 Å². The highest BCUT2D eigenvalue weighted by molar-refractivity contribution is 6.36. The summed E-state index contributed by atoms with van der Waals surface area (Å²) in [5, 5.41) is 1.52. The van der Waals surface area contributed by atoms with Crippen LogP contribution in [-0.4, -0.2) is 11.1 Å². The van der Waals surface area contributed by atoms with Crippen LogP contribution in [0.2, 0.25) is 5.02 Å². The van der Waals surface area contributed by atoms with Crippen LogP contribution in [0.25, 0.3) is 10.9 Å². The number of halogens is 1. The number of pyridine rings is 1. The van der Waals surface area contributed by atoms with E-state index in [-0.39, 0.29) is 0 Å². The molecule has 0 aliphatic carbocycles. The van der Waals surface area contributed by atoms with Crippen LogP contribution in [0.1, 0.15) is 18.2 Å². The summed E-state index contributed by atoms with van der Waals surface area (Å²) in [5.74, 6) is 0. The third-order valence-corrected chi connectivity index (χ3v) is 3.17. The van der Waals surface area contributed by atoms with Crippen molar-refractivity contribution in [2.45, 2.75) is 20.3 Å². The Kier molecular flexibility index (Phi) is 3.23. The van der Waals surface area contributed by atoms with Crippen molar-refractivity contribution in [1.29, 1.82) is 0 Å². The van der Waals surface area contributed by atoms with Crippen LogP contribution in [0.5, 0.6) is 0 Å². The standard InChI is InChI=1S/C13H11ClN2O/c1-3-10-8(2)16-12-5-4-9(15-7-17)6-11(12)13(10)14/h4-6H,3H2,1-2H3. The summed E-state index contributed by atoms with van der Waals surface area (Å²) in [5.41, 5.74) is 3.33. The van der Waals surface area contributed by atoms with E-state index in [2.05, 4.69) is 9.98 Å². The van der Waals surface area contributed by atoms with Crippen molar-refractivity contribution in [3.05, 3.63) is 34.5 Å². The summed E-state index contributed by atoms with van der Waals surface area (Å²) in [4.78, 5) is 18.3. The molecule has 0 aliphatic rings. The molecule has 0 aliphatic heterocycles. The van der Waals surface area contributed by atoms with E-state index in [1.54, 1.807) is 12.1 Å². The first kappa shape index (κ1) is 11.8. The minimum absolute atomic E-state index is 0.544. The second-order valence-corrected chi connectivity index (χ2v) is 4.13. The van der Waals surface area contributed by atoms with E-state index in [9.17, 15) is 4.79 Å². The van der Waals surface area contributed by atoms with Crippen LogP contribution >= 0.6 is 11.6 Å². The Morgan fingerprint density at radius 3 is 2.88 bits per heavy atom. The molecule has 86 valence electrons. The molecule has 0 amide bonds. The van der Waals surface area contributed by atoms with E-state index < -0.39 is 0 Å². The second kappa shape index (κ2) is 4.66. The summed E-state index contributed by atoms with van der Waals surface area (Å²) < 4.78 is 0. The third-order valence-electron chi connectivity index (χ3n) is 2.73. The second-order valence-electron chi connectivity index (χ2n) is 3.75. The van der Waals surface area contributed by atoms with Gasteiger partial charge in [0.2, 0.25) is 6.08 Å². The zero-order valence-corrected chi connectivity index (χ0v) is 10.4. The number of benzene rings is 1. The van der Waals surface area contributed by atoms with E-state index in [0.717, 1.165) is 28.6 Å². The summed E-state index contributed by atoms with van der Waals surface area (Å²) in [6, 6.07) is 5.29. The molecule has 4 heteroatoms. The number of aliphatic imine (C=N–C) groups is 1. The van der Waals surface area contributed by atoms with E-state index in [0.29, 0.717) is 10.7 Å². The van der Waals surface area contributed by atoms with Crippen LogP contribution in [-0.2, 0) is 11.2 Å². The molecule has 2 aromatic rings. The predicted octanol–water partition coefficient (Wildman–Crippen LogP) is 3.73. The summed E-state index contributed by atoms with van der Waals surface area (Å²) in [6.07, 6.45) is 2.35. The molecule has 0 atom stereocenters. The maximum absolute atomic E-state index is 10.2. The SMILES string of the molecule is CCc1c(C)nc2ccc(N=C=O)cc2c1Cl. The number of aryl methyl sites for hydroxylation is 1. The quantitative estimate of drug-likeness (QED) is 0.599. The number of aromatic nitrogens is 1. The number of nitrogens with zero attached hydrogens (tertiary/aromatic N) is 2. The van der Waals surface area contributed by atoms with Gasteiger partial charge in [-0.2, -0.15) is 4.99 Å². The van der Waals surface area contributed by atoms with Crippen molar-refractivity contribution >= 4 is 34.3 Å². The monoisotopic (exact) mass is 246 g/mol. The van der Waals surface area contributed by atoms with Crippen molar-refractivity contribution < 1.29 is 4.79 Å². The van der Waals surface area contributed by atoms with Gasteiger partial charge in [-0.15, -0.1) is 0 Å². The zero-order valence-electron chi connectivity index (χ0n) is 9.62. The molecule has 0 radical (unpaired) electrons. The first-order valence-corrected chi connectivity index (χ1v) is 5.71. The molecule has 0 N–H and O–H groups in total. The predicted molar refractivity (Wildman–Crippen MR) is 68.6 cm³/mol. The summed E-state index contributed by atoms with van der Waals surface area (Å²) in [7, 11) is 0. The molecule has 0 fully saturated rings. The average molecular weight is 247 g/mol. The van der Waals surface area contributed by atoms with Crippen molar-refractivity contribution in [1.82, 2.24) is 4.98 Å². The van der Waals surface area contributed by atoms with E-state index in [1.807, 2.05) is 19.9 Å². The fourth-order valence-electron chi connectivity index (χ4n) is 1.90. The fourth-order valence-corrected chi connectivity index (χ4v) is 2.32. The molecule has 1 aromatic heterocycles. The Bertz CT molecular complexity index is 631. The lowest BCUT2D eigenvalue weighted by Gasteiger charge is -2.09. The van der Waals surface area contributed by atoms with Crippen molar-refractivity contribution in [3.63, 3.8) is 0 Å². The van der Waals surface area contributed by atoms with Crippen molar-refractivity contribution in [3.8, 4) is 0 Å². The number of rotatable bonds is 2. The molecule has 0 bridgehead atoms. The highest BCUT2D eigenvalue weighted by atomic mass is 35.5. The number of hydrogen-bond acceptors (Lipinski definition) is 3. The van der Waals surface area contributed by atoms with Crippen LogP contribution < -0.4 is 0 Å². The molecule has 1 aromatic carbocycles. The van der Waals surface area contributed by atoms with Gasteiger partial charge in [-0.1, -0.05) is 18.5 Å². The molecule has 17 heavy (non-hydrogen) atoms. The van der Waals surface area contributed by atoms with Gasteiger partial charge in [-0.3, -0.25) is 4.98 Å². The average Bonchev–Trinajstić information content (AvgIpc) is 2.31. The van der Waals surface area contributed by atoms with Crippen LogP contribution in [0.15, 0.2) is 23.2 Å².